The molecule has 18 heavy (non-hydrogen) atoms. The van der Waals surface area contributed by atoms with Crippen LogP contribution in [0.5, 0.6) is 5.75 Å². The number of hydrogen-bond acceptors (Lipinski definition) is 3. The minimum atomic E-state index is 0.589. The fourth-order valence-electron chi connectivity index (χ4n) is 2.14. The normalized spacial score (nSPS) is 10.6. The first-order valence-corrected chi connectivity index (χ1v) is 6.05. The Morgan fingerprint density at radius 3 is 2.44 bits per heavy atom. The van der Waals surface area contributed by atoms with Crippen LogP contribution in [-0.4, -0.2) is 16.4 Å². The van der Waals surface area contributed by atoms with Crippen molar-refractivity contribution in [3.8, 4) is 5.75 Å². The number of rotatable bonds is 4. The molecule has 0 atom stereocenters. The van der Waals surface area contributed by atoms with Gasteiger partial charge in [-0.1, -0.05) is 17.7 Å². The molecule has 2 aromatic rings. The molecule has 0 bridgehead atoms. The largest absolute Gasteiger partial charge is 0.491 e. The molecule has 2 rings (SSSR count). The predicted molar refractivity (Wildman–Crippen MR) is 72.8 cm³/mol. The SMILES string of the molecule is Cc1cc(C)c(OCCn2cc(N)cn2)c(C)c1. The summed E-state index contributed by atoms with van der Waals surface area (Å²) in [6, 6.07) is 4.27. The average Bonchev–Trinajstić information content (AvgIpc) is 2.68. The second kappa shape index (κ2) is 5.12. The molecule has 0 radical (unpaired) electrons. The van der Waals surface area contributed by atoms with E-state index in [1.165, 1.54) is 16.7 Å². The monoisotopic (exact) mass is 245 g/mol. The van der Waals surface area contributed by atoms with Crippen LogP contribution < -0.4 is 10.5 Å². The van der Waals surface area contributed by atoms with Crippen molar-refractivity contribution in [2.45, 2.75) is 27.3 Å². The maximum absolute atomic E-state index is 5.83. The summed E-state index contributed by atoms with van der Waals surface area (Å²) < 4.78 is 7.62. The van der Waals surface area contributed by atoms with Crippen molar-refractivity contribution in [1.29, 1.82) is 0 Å². The predicted octanol–water partition coefficient (Wildman–Crippen LogP) is 2.47. The number of nitrogen functional groups attached to an aromatic ring is 1. The van der Waals surface area contributed by atoms with Gasteiger partial charge in [0.2, 0.25) is 0 Å². The van der Waals surface area contributed by atoms with E-state index in [1.54, 1.807) is 17.1 Å². The lowest BCUT2D eigenvalue weighted by atomic mass is 10.1. The lowest BCUT2D eigenvalue weighted by Crippen LogP contribution is -2.09. The highest BCUT2D eigenvalue weighted by molar-refractivity contribution is 5.42. The van der Waals surface area contributed by atoms with Gasteiger partial charge in [0.15, 0.2) is 0 Å². The van der Waals surface area contributed by atoms with Crippen LogP contribution in [0.2, 0.25) is 0 Å². The van der Waals surface area contributed by atoms with Crippen molar-refractivity contribution in [3.05, 3.63) is 41.2 Å². The number of anilines is 1. The van der Waals surface area contributed by atoms with Crippen LogP contribution in [0, 0.1) is 20.8 Å². The van der Waals surface area contributed by atoms with Crippen LogP contribution in [-0.2, 0) is 6.54 Å². The van der Waals surface area contributed by atoms with Gasteiger partial charge in [-0.3, -0.25) is 4.68 Å². The maximum Gasteiger partial charge on any atom is 0.125 e. The van der Waals surface area contributed by atoms with Gasteiger partial charge >= 0.3 is 0 Å². The van der Waals surface area contributed by atoms with Gasteiger partial charge in [-0.25, -0.2) is 0 Å². The molecule has 0 saturated heterocycles. The summed E-state index contributed by atoms with van der Waals surface area (Å²) in [5.74, 6) is 0.973. The molecule has 4 nitrogen and oxygen atoms in total. The van der Waals surface area contributed by atoms with E-state index in [0.29, 0.717) is 18.8 Å². The molecule has 0 unspecified atom stereocenters. The molecular weight excluding hydrogens is 226 g/mol. The Hall–Kier alpha value is -1.97. The zero-order valence-electron chi connectivity index (χ0n) is 11.1. The number of ether oxygens (including phenoxy) is 1. The number of aromatic nitrogens is 2. The summed E-state index contributed by atoms with van der Waals surface area (Å²) in [7, 11) is 0. The van der Waals surface area contributed by atoms with Gasteiger partial charge in [0.05, 0.1) is 18.4 Å². The molecule has 96 valence electrons. The first-order chi connectivity index (χ1) is 8.56. The molecule has 2 N–H and O–H groups in total. The van der Waals surface area contributed by atoms with Crippen molar-refractivity contribution in [3.63, 3.8) is 0 Å². The van der Waals surface area contributed by atoms with Gasteiger partial charge in [-0.2, -0.15) is 5.10 Å². The summed E-state index contributed by atoms with van der Waals surface area (Å²) in [5, 5.41) is 4.12. The molecule has 0 aliphatic heterocycles. The minimum Gasteiger partial charge on any atom is -0.491 e. The van der Waals surface area contributed by atoms with Crippen molar-refractivity contribution < 1.29 is 4.74 Å². The Bertz CT molecular complexity index is 523. The van der Waals surface area contributed by atoms with Crippen molar-refractivity contribution in [2.75, 3.05) is 12.3 Å². The molecule has 0 fully saturated rings. The molecule has 0 aliphatic carbocycles. The second-order valence-corrected chi connectivity index (χ2v) is 4.61. The van der Waals surface area contributed by atoms with Crippen molar-refractivity contribution >= 4 is 5.69 Å². The van der Waals surface area contributed by atoms with Crippen LogP contribution >= 0.6 is 0 Å². The summed E-state index contributed by atoms with van der Waals surface area (Å²) in [4.78, 5) is 0. The Morgan fingerprint density at radius 2 is 1.89 bits per heavy atom. The number of nitrogens with two attached hydrogens (primary N) is 1. The first-order valence-electron chi connectivity index (χ1n) is 6.05. The zero-order chi connectivity index (χ0) is 13.1. The van der Waals surface area contributed by atoms with E-state index in [4.69, 9.17) is 10.5 Å². The smallest absolute Gasteiger partial charge is 0.125 e. The molecule has 0 aliphatic rings. The van der Waals surface area contributed by atoms with Crippen LogP contribution in [0.15, 0.2) is 24.5 Å². The number of nitrogens with zero attached hydrogens (tertiary/aromatic N) is 2. The molecule has 0 amide bonds. The summed E-state index contributed by atoms with van der Waals surface area (Å²) >= 11 is 0. The van der Waals surface area contributed by atoms with Gasteiger partial charge in [0.25, 0.3) is 0 Å². The molecule has 0 spiro atoms. The third kappa shape index (κ3) is 2.83. The third-order valence-electron chi connectivity index (χ3n) is 2.82. The van der Waals surface area contributed by atoms with E-state index >= 15 is 0 Å². The van der Waals surface area contributed by atoms with E-state index in [1.807, 2.05) is 0 Å². The van der Waals surface area contributed by atoms with Crippen LogP contribution in [0.3, 0.4) is 0 Å². The second-order valence-electron chi connectivity index (χ2n) is 4.61. The molecular formula is C14H19N3O. The van der Waals surface area contributed by atoms with Gasteiger partial charge in [-0.05, 0) is 31.9 Å². The molecule has 4 heteroatoms. The number of aryl methyl sites for hydroxylation is 3. The lowest BCUT2D eigenvalue weighted by molar-refractivity contribution is 0.288. The summed E-state index contributed by atoms with van der Waals surface area (Å²) in [6.07, 6.45) is 3.45. The topological polar surface area (TPSA) is 53.1 Å². The van der Waals surface area contributed by atoms with E-state index < -0.39 is 0 Å². The van der Waals surface area contributed by atoms with E-state index in [0.717, 1.165) is 5.75 Å². The van der Waals surface area contributed by atoms with Crippen molar-refractivity contribution in [1.82, 2.24) is 9.78 Å². The molecule has 1 heterocycles. The fourth-order valence-corrected chi connectivity index (χ4v) is 2.14. The Morgan fingerprint density at radius 1 is 1.22 bits per heavy atom. The molecule has 1 aromatic heterocycles. The van der Waals surface area contributed by atoms with Gasteiger partial charge in [0, 0.05) is 6.20 Å². The standard InChI is InChI=1S/C14H19N3O/c1-10-6-11(2)14(12(3)7-10)18-5-4-17-9-13(15)8-16-17/h6-9H,4-5,15H2,1-3H3. The maximum atomic E-state index is 5.83. The van der Waals surface area contributed by atoms with E-state index in [-0.39, 0.29) is 0 Å². The quantitative estimate of drug-likeness (QED) is 0.900. The summed E-state index contributed by atoms with van der Waals surface area (Å²) in [5.41, 5.74) is 9.89. The van der Waals surface area contributed by atoms with E-state index in [2.05, 4.69) is 38.0 Å². The van der Waals surface area contributed by atoms with Crippen molar-refractivity contribution in [2.24, 2.45) is 0 Å². The first kappa shape index (κ1) is 12.5. The molecule has 1 aromatic carbocycles. The van der Waals surface area contributed by atoms with E-state index in [9.17, 15) is 0 Å². The van der Waals surface area contributed by atoms with Gasteiger partial charge in [0.1, 0.15) is 12.4 Å². The lowest BCUT2D eigenvalue weighted by Gasteiger charge is -2.13. The van der Waals surface area contributed by atoms with Crippen LogP contribution in [0.1, 0.15) is 16.7 Å². The highest BCUT2D eigenvalue weighted by Gasteiger charge is 2.05. The zero-order valence-corrected chi connectivity index (χ0v) is 11.1. The third-order valence-corrected chi connectivity index (χ3v) is 2.82. The fraction of sp³-hybridized carbons (Fsp3) is 0.357. The van der Waals surface area contributed by atoms with Gasteiger partial charge in [-0.15, -0.1) is 0 Å². The number of benzene rings is 1. The number of hydrogen-bond donors (Lipinski definition) is 1. The van der Waals surface area contributed by atoms with Crippen LogP contribution in [0.25, 0.3) is 0 Å². The van der Waals surface area contributed by atoms with Gasteiger partial charge < -0.3 is 10.5 Å². The highest BCUT2D eigenvalue weighted by Crippen LogP contribution is 2.24. The Labute approximate surface area is 107 Å². The Balaban J connectivity index is 1.98. The van der Waals surface area contributed by atoms with Crippen LogP contribution in [0.4, 0.5) is 5.69 Å². The average molecular weight is 245 g/mol. The molecule has 0 saturated carbocycles. The summed E-state index contributed by atoms with van der Waals surface area (Å²) in [6.45, 7) is 7.52. The minimum absolute atomic E-state index is 0.589. The highest BCUT2D eigenvalue weighted by atomic mass is 16.5. The Kier molecular flexibility index (Phi) is 3.55.